The standard InChI is InChI=1S/C21H20N6O2/c1-13(28)26-6-8-27(9-7-26)20-12-23-16-4-2-14(10-17(16)24-20)15-3-5-19-18(11-15)25-21(22)29-19/h2-5,10-12H,6-9H2,1H3,(H2,22,25). The van der Waals surface area contributed by atoms with Crippen LogP contribution in [0.25, 0.3) is 33.3 Å². The number of benzene rings is 2. The minimum Gasteiger partial charge on any atom is -0.424 e. The van der Waals surface area contributed by atoms with Crippen molar-refractivity contribution in [1.29, 1.82) is 0 Å². The second-order valence-corrected chi connectivity index (χ2v) is 7.16. The van der Waals surface area contributed by atoms with Gasteiger partial charge in [-0.3, -0.25) is 9.78 Å². The van der Waals surface area contributed by atoms with Crippen LogP contribution in [0.5, 0.6) is 0 Å². The summed E-state index contributed by atoms with van der Waals surface area (Å²) in [6.07, 6.45) is 1.80. The third-order valence-corrected chi connectivity index (χ3v) is 5.32. The third kappa shape index (κ3) is 3.22. The van der Waals surface area contributed by atoms with E-state index in [1.165, 1.54) is 0 Å². The fraction of sp³-hybridized carbons (Fsp3) is 0.238. The number of oxazole rings is 1. The fourth-order valence-electron chi connectivity index (χ4n) is 3.71. The quantitative estimate of drug-likeness (QED) is 0.563. The highest BCUT2D eigenvalue weighted by Crippen LogP contribution is 2.28. The third-order valence-electron chi connectivity index (χ3n) is 5.32. The Morgan fingerprint density at radius 2 is 1.69 bits per heavy atom. The predicted octanol–water partition coefficient (Wildman–Crippen LogP) is 2.69. The highest BCUT2D eigenvalue weighted by Gasteiger charge is 2.20. The van der Waals surface area contributed by atoms with Crippen LogP contribution in [0.2, 0.25) is 0 Å². The number of nitrogens with two attached hydrogens (primary N) is 1. The van der Waals surface area contributed by atoms with Gasteiger partial charge in [0.05, 0.1) is 17.2 Å². The Labute approximate surface area is 167 Å². The molecular formula is C21H20N6O2. The van der Waals surface area contributed by atoms with Crippen LogP contribution < -0.4 is 10.6 Å². The van der Waals surface area contributed by atoms with E-state index < -0.39 is 0 Å². The van der Waals surface area contributed by atoms with Gasteiger partial charge in [0, 0.05) is 33.1 Å². The first-order valence-corrected chi connectivity index (χ1v) is 9.50. The summed E-state index contributed by atoms with van der Waals surface area (Å²) < 4.78 is 5.35. The van der Waals surface area contributed by atoms with Gasteiger partial charge in [0.1, 0.15) is 11.3 Å². The van der Waals surface area contributed by atoms with Gasteiger partial charge in [-0.25, -0.2) is 4.98 Å². The molecule has 3 heterocycles. The molecule has 1 aliphatic rings. The number of amides is 1. The minimum absolute atomic E-state index is 0.115. The van der Waals surface area contributed by atoms with Gasteiger partial charge >= 0.3 is 0 Å². The molecule has 1 fully saturated rings. The van der Waals surface area contributed by atoms with Crippen molar-refractivity contribution in [1.82, 2.24) is 19.9 Å². The van der Waals surface area contributed by atoms with E-state index in [2.05, 4.69) is 14.9 Å². The van der Waals surface area contributed by atoms with Crippen molar-refractivity contribution in [3.05, 3.63) is 42.6 Å². The molecule has 1 amide bonds. The molecule has 0 spiro atoms. The molecule has 0 saturated carbocycles. The largest absolute Gasteiger partial charge is 0.424 e. The maximum Gasteiger partial charge on any atom is 0.292 e. The second kappa shape index (κ2) is 6.73. The van der Waals surface area contributed by atoms with Gasteiger partial charge in [0.15, 0.2) is 5.58 Å². The molecule has 1 saturated heterocycles. The maximum atomic E-state index is 11.5. The number of hydrogen-bond acceptors (Lipinski definition) is 7. The normalized spacial score (nSPS) is 14.7. The van der Waals surface area contributed by atoms with E-state index in [4.69, 9.17) is 15.1 Å². The van der Waals surface area contributed by atoms with E-state index in [1.54, 1.807) is 13.1 Å². The molecule has 0 atom stereocenters. The number of aromatic nitrogens is 3. The van der Waals surface area contributed by atoms with Gasteiger partial charge in [-0.1, -0.05) is 12.1 Å². The Balaban J connectivity index is 1.46. The monoisotopic (exact) mass is 388 g/mol. The molecule has 146 valence electrons. The lowest BCUT2D eigenvalue weighted by atomic mass is 10.0. The van der Waals surface area contributed by atoms with Crippen LogP contribution in [0.4, 0.5) is 11.8 Å². The summed E-state index contributed by atoms with van der Waals surface area (Å²) in [7, 11) is 0. The van der Waals surface area contributed by atoms with E-state index in [1.807, 2.05) is 41.3 Å². The number of rotatable bonds is 2. The number of nitrogens with zero attached hydrogens (tertiary/aromatic N) is 5. The predicted molar refractivity (Wildman–Crippen MR) is 111 cm³/mol. The van der Waals surface area contributed by atoms with Crippen LogP contribution in [-0.4, -0.2) is 51.9 Å². The fourth-order valence-corrected chi connectivity index (χ4v) is 3.71. The number of nitrogen functional groups attached to an aromatic ring is 1. The molecule has 5 rings (SSSR count). The van der Waals surface area contributed by atoms with Gasteiger partial charge < -0.3 is 20.0 Å². The molecule has 0 unspecified atom stereocenters. The Morgan fingerprint density at radius 1 is 0.966 bits per heavy atom. The number of piperazine rings is 1. The van der Waals surface area contributed by atoms with E-state index in [0.29, 0.717) is 18.7 Å². The van der Waals surface area contributed by atoms with Crippen LogP contribution >= 0.6 is 0 Å². The van der Waals surface area contributed by atoms with Crippen molar-refractivity contribution < 1.29 is 9.21 Å². The Bertz CT molecular complexity index is 1230. The molecule has 8 heteroatoms. The Morgan fingerprint density at radius 3 is 2.45 bits per heavy atom. The SMILES string of the molecule is CC(=O)N1CCN(c2cnc3ccc(-c4ccc5oc(N)nc5c4)cc3n2)CC1. The smallest absolute Gasteiger partial charge is 0.292 e. The summed E-state index contributed by atoms with van der Waals surface area (Å²) in [6, 6.07) is 12.0. The summed E-state index contributed by atoms with van der Waals surface area (Å²) >= 11 is 0. The molecule has 2 N–H and O–H groups in total. The van der Waals surface area contributed by atoms with E-state index in [-0.39, 0.29) is 11.9 Å². The van der Waals surface area contributed by atoms with Crippen molar-refractivity contribution in [3.8, 4) is 11.1 Å². The molecule has 2 aromatic heterocycles. The molecule has 29 heavy (non-hydrogen) atoms. The van der Waals surface area contributed by atoms with Crippen LogP contribution in [0.1, 0.15) is 6.92 Å². The molecule has 2 aromatic carbocycles. The molecule has 1 aliphatic heterocycles. The van der Waals surface area contributed by atoms with Crippen LogP contribution in [0.3, 0.4) is 0 Å². The first kappa shape index (κ1) is 17.4. The minimum atomic E-state index is 0.115. The van der Waals surface area contributed by atoms with Crippen molar-refractivity contribution in [2.45, 2.75) is 6.92 Å². The lowest BCUT2D eigenvalue weighted by Gasteiger charge is -2.34. The Hall–Kier alpha value is -3.68. The van der Waals surface area contributed by atoms with Crippen molar-refractivity contribution in [2.24, 2.45) is 0 Å². The lowest BCUT2D eigenvalue weighted by Crippen LogP contribution is -2.48. The van der Waals surface area contributed by atoms with E-state index >= 15 is 0 Å². The van der Waals surface area contributed by atoms with Gasteiger partial charge in [0.2, 0.25) is 5.91 Å². The van der Waals surface area contributed by atoms with E-state index in [0.717, 1.165) is 46.6 Å². The number of fused-ring (bicyclic) bond motifs is 2. The summed E-state index contributed by atoms with van der Waals surface area (Å²) in [6.45, 7) is 4.52. The average Bonchev–Trinajstić information content (AvgIpc) is 3.12. The van der Waals surface area contributed by atoms with Gasteiger partial charge in [-0.05, 0) is 35.4 Å². The first-order chi connectivity index (χ1) is 14.1. The number of hydrogen-bond donors (Lipinski definition) is 1. The van der Waals surface area contributed by atoms with Gasteiger partial charge in [-0.2, -0.15) is 4.98 Å². The molecule has 0 bridgehead atoms. The highest BCUT2D eigenvalue weighted by molar-refractivity contribution is 5.86. The summed E-state index contributed by atoms with van der Waals surface area (Å²) in [4.78, 5) is 29.2. The molecular weight excluding hydrogens is 368 g/mol. The van der Waals surface area contributed by atoms with Crippen molar-refractivity contribution >= 4 is 39.9 Å². The summed E-state index contributed by atoms with van der Waals surface area (Å²) in [5, 5.41) is 0. The summed E-state index contributed by atoms with van der Waals surface area (Å²) in [5.41, 5.74) is 10.7. The van der Waals surface area contributed by atoms with Crippen molar-refractivity contribution in [3.63, 3.8) is 0 Å². The topological polar surface area (TPSA) is 101 Å². The number of anilines is 2. The zero-order valence-electron chi connectivity index (χ0n) is 16.0. The van der Waals surface area contributed by atoms with Gasteiger partial charge in [0.25, 0.3) is 6.01 Å². The molecule has 4 aromatic rings. The molecule has 0 aliphatic carbocycles. The second-order valence-electron chi connectivity index (χ2n) is 7.16. The summed E-state index contributed by atoms with van der Waals surface area (Å²) in [5.74, 6) is 0.947. The van der Waals surface area contributed by atoms with Crippen LogP contribution in [-0.2, 0) is 4.79 Å². The molecule has 8 nitrogen and oxygen atoms in total. The maximum absolute atomic E-state index is 11.5. The zero-order chi connectivity index (χ0) is 20.0. The molecule has 0 radical (unpaired) electrons. The van der Waals surface area contributed by atoms with Crippen molar-refractivity contribution in [2.75, 3.05) is 36.8 Å². The van der Waals surface area contributed by atoms with E-state index in [9.17, 15) is 4.79 Å². The zero-order valence-corrected chi connectivity index (χ0v) is 16.0. The number of carbonyl (C=O) groups is 1. The highest BCUT2D eigenvalue weighted by atomic mass is 16.4. The van der Waals surface area contributed by atoms with Crippen LogP contribution in [0, 0.1) is 0 Å². The van der Waals surface area contributed by atoms with Crippen LogP contribution in [0.15, 0.2) is 47.0 Å². The average molecular weight is 388 g/mol. The first-order valence-electron chi connectivity index (χ1n) is 9.50. The Kier molecular flexibility index (Phi) is 4.04. The lowest BCUT2D eigenvalue weighted by molar-refractivity contribution is -0.129. The number of carbonyl (C=O) groups excluding carboxylic acids is 1. The van der Waals surface area contributed by atoms with Gasteiger partial charge in [-0.15, -0.1) is 0 Å².